The van der Waals surface area contributed by atoms with E-state index in [0.29, 0.717) is 42.7 Å². The van der Waals surface area contributed by atoms with Gasteiger partial charge in [0, 0.05) is 12.1 Å². The molecule has 1 saturated heterocycles. The predicted molar refractivity (Wildman–Crippen MR) is 108 cm³/mol. The van der Waals surface area contributed by atoms with E-state index in [1.807, 2.05) is 26.0 Å². The number of hydrogen-bond acceptors (Lipinski definition) is 5. The molecule has 28 heavy (non-hydrogen) atoms. The van der Waals surface area contributed by atoms with Crippen LogP contribution < -0.4 is 14.8 Å². The van der Waals surface area contributed by atoms with Crippen LogP contribution in [0.3, 0.4) is 0 Å². The number of carbonyl (C=O) groups excluding carboxylic acids is 1. The van der Waals surface area contributed by atoms with Crippen LogP contribution in [-0.2, 0) is 6.54 Å². The monoisotopic (exact) mass is 386 g/mol. The minimum absolute atomic E-state index is 0.0676. The molecule has 0 aliphatic carbocycles. The van der Waals surface area contributed by atoms with Crippen molar-refractivity contribution in [3.63, 3.8) is 0 Å². The molecule has 1 amide bonds. The van der Waals surface area contributed by atoms with Crippen LogP contribution in [-0.4, -0.2) is 43.7 Å². The number of rotatable bonds is 9. The summed E-state index contributed by atoms with van der Waals surface area (Å²) in [5.41, 5.74) is 0.599. The van der Waals surface area contributed by atoms with Gasteiger partial charge in [-0.15, -0.1) is 0 Å². The normalized spacial score (nSPS) is 15.4. The van der Waals surface area contributed by atoms with Crippen molar-refractivity contribution in [3.05, 3.63) is 47.9 Å². The summed E-state index contributed by atoms with van der Waals surface area (Å²) in [7, 11) is 0. The van der Waals surface area contributed by atoms with Gasteiger partial charge in [-0.3, -0.25) is 9.69 Å². The van der Waals surface area contributed by atoms with Crippen LogP contribution >= 0.6 is 0 Å². The van der Waals surface area contributed by atoms with Crippen molar-refractivity contribution in [1.82, 2.24) is 10.2 Å². The lowest BCUT2D eigenvalue weighted by Gasteiger charge is -2.31. The highest BCUT2D eigenvalue weighted by Crippen LogP contribution is 2.28. The predicted octanol–water partition coefficient (Wildman–Crippen LogP) is 3.72. The molecule has 1 aromatic carbocycles. The van der Waals surface area contributed by atoms with Crippen molar-refractivity contribution in [1.29, 1.82) is 0 Å². The molecular formula is C22H30N2O4. The Hall–Kier alpha value is -2.47. The van der Waals surface area contributed by atoms with E-state index in [4.69, 9.17) is 13.9 Å². The molecule has 0 radical (unpaired) electrons. The molecule has 1 aliphatic heterocycles. The Balaban J connectivity index is 1.47. The van der Waals surface area contributed by atoms with Gasteiger partial charge in [-0.1, -0.05) is 0 Å². The Labute approximate surface area is 166 Å². The van der Waals surface area contributed by atoms with Crippen LogP contribution in [0.25, 0.3) is 0 Å². The maximum Gasteiger partial charge on any atom is 0.251 e. The minimum atomic E-state index is -0.0676. The number of ether oxygens (including phenoxy) is 2. The molecule has 1 aromatic heterocycles. The minimum Gasteiger partial charge on any atom is -0.490 e. The number of furan rings is 1. The third kappa shape index (κ3) is 5.52. The van der Waals surface area contributed by atoms with Crippen molar-refractivity contribution in [2.75, 3.05) is 32.8 Å². The number of amides is 1. The average molecular weight is 386 g/mol. The molecular weight excluding hydrogens is 356 g/mol. The fraction of sp³-hybridized carbons (Fsp3) is 0.500. The Morgan fingerprint density at radius 3 is 2.57 bits per heavy atom. The van der Waals surface area contributed by atoms with Crippen molar-refractivity contribution < 1.29 is 18.7 Å². The number of piperidine rings is 1. The lowest BCUT2D eigenvalue weighted by molar-refractivity contribution is 0.0933. The van der Waals surface area contributed by atoms with Gasteiger partial charge in [-0.25, -0.2) is 0 Å². The fourth-order valence-electron chi connectivity index (χ4n) is 3.50. The molecule has 6 heteroatoms. The lowest BCUT2D eigenvalue weighted by atomic mass is 9.96. The molecule has 0 spiro atoms. The Kier molecular flexibility index (Phi) is 7.37. The van der Waals surface area contributed by atoms with E-state index in [1.165, 1.54) is 0 Å². The third-order valence-corrected chi connectivity index (χ3v) is 5.02. The summed E-state index contributed by atoms with van der Waals surface area (Å²) in [6, 6.07) is 9.29. The van der Waals surface area contributed by atoms with Crippen LogP contribution in [0.4, 0.5) is 0 Å². The van der Waals surface area contributed by atoms with E-state index in [9.17, 15) is 4.79 Å². The van der Waals surface area contributed by atoms with E-state index >= 15 is 0 Å². The van der Waals surface area contributed by atoms with Gasteiger partial charge in [0.05, 0.1) is 26.0 Å². The zero-order valence-corrected chi connectivity index (χ0v) is 16.8. The summed E-state index contributed by atoms with van der Waals surface area (Å²) >= 11 is 0. The second-order valence-corrected chi connectivity index (χ2v) is 7.04. The number of hydrogen-bond donors (Lipinski definition) is 1. The molecule has 1 N–H and O–H groups in total. The second kappa shape index (κ2) is 10.2. The van der Waals surface area contributed by atoms with Crippen LogP contribution in [0.1, 0.15) is 42.8 Å². The van der Waals surface area contributed by atoms with Crippen LogP contribution in [0.15, 0.2) is 41.0 Å². The van der Waals surface area contributed by atoms with E-state index < -0.39 is 0 Å². The van der Waals surface area contributed by atoms with Gasteiger partial charge in [-0.2, -0.15) is 0 Å². The van der Waals surface area contributed by atoms with Crippen molar-refractivity contribution in [2.45, 2.75) is 33.2 Å². The summed E-state index contributed by atoms with van der Waals surface area (Å²) in [6.07, 6.45) is 3.87. The zero-order valence-electron chi connectivity index (χ0n) is 16.8. The highest BCUT2D eigenvalue weighted by Gasteiger charge is 2.21. The standard InChI is InChI=1S/C22H30N2O4/c1-3-26-20-8-7-18(14-21(20)27-4-2)22(25)23-15-17-9-11-24(12-10-17)16-19-6-5-13-28-19/h5-8,13-14,17H,3-4,9-12,15-16H2,1-2H3,(H,23,25). The fourth-order valence-corrected chi connectivity index (χ4v) is 3.50. The molecule has 6 nitrogen and oxygen atoms in total. The lowest BCUT2D eigenvalue weighted by Crippen LogP contribution is -2.38. The van der Waals surface area contributed by atoms with Crippen molar-refractivity contribution in [3.8, 4) is 11.5 Å². The van der Waals surface area contributed by atoms with Gasteiger partial charge >= 0.3 is 0 Å². The molecule has 3 rings (SSSR count). The SMILES string of the molecule is CCOc1ccc(C(=O)NCC2CCN(Cc3ccco3)CC2)cc1OCC. The van der Waals surface area contributed by atoms with Crippen molar-refractivity contribution in [2.24, 2.45) is 5.92 Å². The summed E-state index contributed by atoms with van der Waals surface area (Å²) < 4.78 is 16.6. The Morgan fingerprint density at radius 1 is 1.14 bits per heavy atom. The molecule has 0 atom stereocenters. The topological polar surface area (TPSA) is 63.9 Å². The first-order valence-corrected chi connectivity index (χ1v) is 10.1. The molecule has 0 bridgehead atoms. The van der Waals surface area contributed by atoms with Gasteiger partial charge in [0.25, 0.3) is 5.91 Å². The first kappa shape index (κ1) is 20.3. The number of nitrogens with one attached hydrogen (secondary N) is 1. The molecule has 1 fully saturated rings. The van der Waals surface area contributed by atoms with Crippen LogP contribution in [0, 0.1) is 5.92 Å². The first-order chi connectivity index (χ1) is 13.7. The van der Waals surface area contributed by atoms with E-state index in [1.54, 1.807) is 24.5 Å². The van der Waals surface area contributed by atoms with Crippen molar-refractivity contribution >= 4 is 5.91 Å². The maximum absolute atomic E-state index is 12.6. The quantitative estimate of drug-likeness (QED) is 0.712. The molecule has 0 saturated carbocycles. The molecule has 0 unspecified atom stereocenters. The highest BCUT2D eigenvalue weighted by atomic mass is 16.5. The summed E-state index contributed by atoms with van der Waals surface area (Å²) in [4.78, 5) is 15.0. The van der Waals surface area contributed by atoms with Gasteiger partial charge < -0.3 is 19.2 Å². The zero-order chi connectivity index (χ0) is 19.8. The van der Waals surface area contributed by atoms with E-state index in [2.05, 4.69) is 10.2 Å². The number of benzene rings is 1. The van der Waals surface area contributed by atoms with Crippen LogP contribution in [0.5, 0.6) is 11.5 Å². The summed E-state index contributed by atoms with van der Waals surface area (Å²) in [6.45, 7) is 8.55. The molecule has 152 valence electrons. The number of carbonyl (C=O) groups is 1. The maximum atomic E-state index is 12.6. The number of nitrogens with zero attached hydrogens (tertiary/aromatic N) is 1. The summed E-state index contributed by atoms with van der Waals surface area (Å²) in [5, 5.41) is 3.08. The Bertz CT molecular complexity index is 737. The van der Waals surface area contributed by atoms with E-state index in [-0.39, 0.29) is 5.91 Å². The molecule has 2 heterocycles. The third-order valence-electron chi connectivity index (χ3n) is 5.02. The second-order valence-electron chi connectivity index (χ2n) is 7.04. The molecule has 1 aliphatic rings. The average Bonchev–Trinajstić information content (AvgIpc) is 3.22. The smallest absolute Gasteiger partial charge is 0.251 e. The number of likely N-dealkylation sites (tertiary alicyclic amines) is 1. The summed E-state index contributed by atoms with van der Waals surface area (Å²) in [5.74, 6) is 2.73. The highest BCUT2D eigenvalue weighted by molar-refractivity contribution is 5.94. The molecule has 2 aromatic rings. The van der Waals surface area contributed by atoms with Gasteiger partial charge in [0.15, 0.2) is 11.5 Å². The first-order valence-electron chi connectivity index (χ1n) is 10.1. The largest absolute Gasteiger partial charge is 0.490 e. The van der Waals surface area contributed by atoms with E-state index in [0.717, 1.165) is 38.2 Å². The van der Waals surface area contributed by atoms with Gasteiger partial charge in [-0.05, 0) is 76.0 Å². The van der Waals surface area contributed by atoms with Gasteiger partial charge in [0.2, 0.25) is 0 Å². The van der Waals surface area contributed by atoms with Crippen LogP contribution in [0.2, 0.25) is 0 Å². The Morgan fingerprint density at radius 2 is 1.89 bits per heavy atom. The van der Waals surface area contributed by atoms with Gasteiger partial charge in [0.1, 0.15) is 5.76 Å².